The Kier molecular flexibility index (Phi) is 7.34. The highest BCUT2D eigenvalue weighted by atomic mass is 16.5. The van der Waals surface area contributed by atoms with Gasteiger partial charge in [0.15, 0.2) is 17.3 Å². The topological polar surface area (TPSA) is 59.1 Å². The van der Waals surface area contributed by atoms with E-state index in [1.54, 1.807) is 26.2 Å². The van der Waals surface area contributed by atoms with Crippen molar-refractivity contribution >= 4 is 23.5 Å². The zero-order chi connectivity index (χ0) is 22.4. The van der Waals surface area contributed by atoms with E-state index in [9.17, 15) is 9.59 Å². The van der Waals surface area contributed by atoms with Gasteiger partial charge in [-0.05, 0) is 68.8 Å². The first kappa shape index (κ1) is 22.4. The monoisotopic (exact) mass is 422 g/mol. The lowest BCUT2D eigenvalue weighted by molar-refractivity contribution is -0.126. The van der Waals surface area contributed by atoms with Crippen LogP contribution < -0.4 is 14.4 Å². The summed E-state index contributed by atoms with van der Waals surface area (Å²) in [6.07, 6.45) is 3.47. The van der Waals surface area contributed by atoms with Gasteiger partial charge in [0, 0.05) is 43.5 Å². The van der Waals surface area contributed by atoms with Gasteiger partial charge in [-0.2, -0.15) is 0 Å². The molecule has 0 saturated carbocycles. The molecule has 0 aromatic heterocycles. The van der Waals surface area contributed by atoms with E-state index in [0.29, 0.717) is 30.2 Å². The minimum atomic E-state index is -0.00643. The lowest BCUT2D eigenvalue weighted by atomic mass is 10.1. The number of ketones is 1. The van der Waals surface area contributed by atoms with E-state index in [1.165, 1.54) is 0 Å². The molecule has 1 heterocycles. The lowest BCUT2D eigenvalue weighted by Gasteiger charge is -2.35. The van der Waals surface area contributed by atoms with E-state index in [0.717, 1.165) is 24.3 Å². The molecule has 6 heteroatoms. The summed E-state index contributed by atoms with van der Waals surface area (Å²) in [6.45, 7) is 8.32. The average Bonchev–Trinajstić information content (AvgIpc) is 2.78. The number of Topliss-reactive ketones (excluding diaryl/α,β-unsaturated/α-hetero) is 1. The Morgan fingerprint density at radius 2 is 1.65 bits per heavy atom. The Hall–Kier alpha value is -3.28. The first-order valence-corrected chi connectivity index (χ1v) is 10.5. The predicted molar refractivity (Wildman–Crippen MR) is 123 cm³/mol. The molecule has 2 aromatic carbocycles. The summed E-state index contributed by atoms with van der Waals surface area (Å²) in [5.41, 5.74) is 2.66. The van der Waals surface area contributed by atoms with Crippen LogP contribution in [0.3, 0.4) is 0 Å². The van der Waals surface area contributed by atoms with Crippen LogP contribution in [0.4, 0.5) is 5.69 Å². The number of benzene rings is 2. The van der Waals surface area contributed by atoms with Crippen molar-refractivity contribution in [1.29, 1.82) is 0 Å². The van der Waals surface area contributed by atoms with Crippen molar-refractivity contribution in [3.63, 3.8) is 0 Å². The van der Waals surface area contributed by atoms with Crippen LogP contribution in [0.2, 0.25) is 0 Å². The third kappa shape index (κ3) is 5.87. The predicted octanol–water partition coefficient (Wildman–Crippen LogP) is 4.05. The quantitative estimate of drug-likeness (QED) is 0.498. The van der Waals surface area contributed by atoms with Crippen LogP contribution in [0.1, 0.15) is 36.7 Å². The molecule has 1 fully saturated rings. The fourth-order valence-electron chi connectivity index (χ4n) is 3.50. The normalized spacial score (nSPS) is 14.2. The second-order valence-electron chi connectivity index (χ2n) is 7.83. The van der Waals surface area contributed by atoms with E-state index in [1.807, 2.05) is 61.2 Å². The highest BCUT2D eigenvalue weighted by molar-refractivity contribution is 5.94. The third-order valence-corrected chi connectivity index (χ3v) is 5.20. The van der Waals surface area contributed by atoms with Crippen LogP contribution in [-0.4, -0.2) is 56.0 Å². The second kappa shape index (κ2) is 10.2. The number of methoxy groups -OCH3 is 1. The van der Waals surface area contributed by atoms with Crippen LogP contribution in [0.15, 0.2) is 48.5 Å². The van der Waals surface area contributed by atoms with Crippen molar-refractivity contribution in [2.24, 2.45) is 0 Å². The number of hydrogen-bond acceptors (Lipinski definition) is 5. The fourth-order valence-corrected chi connectivity index (χ4v) is 3.50. The van der Waals surface area contributed by atoms with Gasteiger partial charge in [0.05, 0.1) is 13.2 Å². The molecule has 1 aliphatic heterocycles. The van der Waals surface area contributed by atoms with Gasteiger partial charge < -0.3 is 19.3 Å². The summed E-state index contributed by atoms with van der Waals surface area (Å²) < 4.78 is 11.1. The minimum absolute atomic E-state index is 0.00643. The minimum Gasteiger partial charge on any atom is -0.493 e. The molecule has 3 rings (SSSR count). The van der Waals surface area contributed by atoms with Crippen molar-refractivity contribution in [1.82, 2.24) is 4.90 Å². The van der Waals surface area contributed by atoms with E-state index in [4.69, 9.17) is 9.47 Å². The molecule has 2 aromatic rings. The van der Waals surface area contributed by atoms with Gasteiger partial charge in [0.25, 0.3) is 0 Å². The van der Waals surface area contributed by atoms with Crippen LogP contribution >= 0.6 is 0 Å². The lowest BCUT2D eigenvalue weighted by Crippen LogP contribution is -2.48. The molecule has 0 radical (unpaired) electrons. The SMILES string of the molecule is COc1cc(/C=C/C(=O)N2CCN(c3ccc(C(C)=O)cc3)CC2)ccc1OC(C)C. The number of carbonyl (C=O) groups is 2. The van der Waals surface area contributed by atoms with Crippen molar-refractivity contribution in [2.45, 2.75) is 26.9 Å². The molecule has 0 N–H and O–H groups in total. The Morgan fingerprint density at radius 1 is 0.968 bits per heavy atom. The summed E-state index contributed by atoms with van der Waals surface area (Å²) in [4.78, 5) is 28.1. The molecule has 1 saturated heterocycles. The molecule has 31 heavy (non-hydrogen) atoms. The smallest absolute Gasteiger partial charge is 0.246 e. The number of nitrogens with zero attached hydrogens (tertiary/aromatic N) is 2. The highest BCUT2D eigenvalue weighted by Crippen LogP contribution is 2.29. The van der Waals surface area contributed by atoms with Crippen LogP contribution in [0, 0.1) is 0 Å². The molecule has 0 spiro atoms. The van der Waals surface area contributed by atoms with Gasteiger partial charge in [0.1, 0.15) is 0 Å². The maximum Gasteiger partial charge on any atom is 0.246 e. The number of rotatable bonds is 7. The molecule has 6 nitrogen and oxygen atoms in total. The zero-order valence-electron chi connectivity index (χ0n) is 18.6. The van der Waals surface area contributed by atoms with Gasteiger partial charge in [-0.3, -0.25) is 9.59 Å². The Balaban J connectivity index is 1.57. The van der Waals surface area contributed by atoms with Crippen molar-refractivity contribution < 1.29 is 19.1 Å². The summed E-state index contributed by atoms with van der Waals surface area (Å²) in [5, 5.41) is 0. The van der Waals surface area contributed by atoms with Crippen LogP contribution in [-0.2, 0) is 4.79 Å². The fraction of sp³-hybridized carbons (Fsp3) is 0.360. The first-order chi connectivity index (χ1) is 14.9. The molecular formula is C25H30N2O4. The largest absolute Gasteiger partial charge is 0.493 e. The summed E-state index contributed by atoms with van der Waals surface area (Å²) in [6, 6.07) is 13.3. The molecule has 0 bridgehead atoms. The van der Waals surface area contributed by atoms with Gasteiger partial charge in [-0.25, -0.2) is 0 Å². The molecular weight excluding hydrogens is 392 g/mol. The van der Waals surface area contributed by atoms with Crippen LogP contribution in [0.25, 0.3) is 6.08 Å². The van der Waals surface area contributed by atoms with E-state index < -0.39 is 0 Å². The average molecular weight is 423 g/mol. The van der Waals surface area contributed by atoms with Gasteiger partial charge in [-0.15, -0.1) is 0 Å². The Bertz CT molecular complexity index is 942. The number of carbonyl (C=O) groups excluding carboxylic acids is 2. The van der Waals surface area contributed by atoms with Gasteiger partial charge in [0.2, 0.25) is 5.91 Å². The van der Waals surface area contributed by atoms with Crippen LogP contribution in [0.5, 0.6) is 11.5 Å². The second-order valence-corrected chi connectivity index (χ2v) is 7.83. The zero-order valence-corrected chi connectivity index (χ0v) is 18.6. The number of ether oxygens (including phenoxy) is 2. The van der Waals surface area contributed by atoms with Crippen molar-refractivity contribution in [2.75, 3.05) is 38.2 Å². The van der Waals surface area contributed by atoms with E-state index in [2.05, 4.69) is 4.90 Å². The Morgan fingerprint density at radius 3 is 2.23 bits per heavy atom. The molecule has 0 aliphatic carbocycles. The van der Waals surface area contributed by atoms with Gasteiger partial charge in [-0.1, -0.05) is 6.07 Å². The molecule has 1 aliphatic rings. The van der Waals surface area contributed by atoms with E-state index in [-0.39, 0.29) is 17.8 Å². The van der Waals surface area contributed by atoms with E-state index >= 15 is 0 Å². The summed E-state index contributed by atoms with van der Waals surface area (Å²) in [7, 11) is 1.61. The maximum absolute atomic E-state index is 12.6. The number of anilines is 1. The van der Waals surface area contributed by atoms with Crippen molar-refractivity contribution in [3.8, 4) is 11.5 Å². The van der Waals surface area contributed by atoms with Gasteiger partial charge >= 0.3 is 0 Å². The van der Waals surface area contributed by atoms with Crippen molar-refractivity contribution in [3.05, 3.63) is 59.7 Å². The maximum atomic E-state index is 12.6. The summed E-state index contributed by atoms with van der Waals surface area (Å²) in [5.74, 6) is 1.39. The number of piperazine rings is 1. The Labute approximate surface area is 184 Å². The third-order valence-electron chi connectivity index (χ3n) is 5.20. The molecule has 0 atom stereocenters. The molecule has 1 amide bonds. The molecule has 164 valence electrons. The standard InChI is InChI=1S/C25H30N2O4/c1-18(2)31-23-11-5-20(17-24(23)30-4)6-12-25(29)27-15-13-26(14-16-27)22-9-7-21(8-10-22)19(3)28/h5-12,17-18H,13-16H2,1-4H3/b12-6+. The molecule has 0 unspecified atom stereocenters. The summed E-state index contributed by atoms with van der Waals surface area (Å²) >= 11 is 0. The first-order valence-electron chi connectivity index (χ1n) is 10.5. The number of hydrogen-bond donors (Lipinski definition) is 0. The highest BCUT2D eigenvalue weighted by Gasteiger charge is 2.20. The number of amides is 1.